The van der Waals surface area contributed by atoms with Crippen molar-refractivity contribution in [2.24, 2.45) is 11.8 Å². The van der Waals surface area contributed by atoms with Crippen molar-refractivity contribution in [1.82, 2.24) is 9.80 Å². The molecule has 1 aliphatic rings. The number of rotatable bonds is 6. The molecule has 1 fully saturated rings. The quantitative estimate of drug-likeness (QED) is 0.716. The molecule has 0 aromatic heterocycles. The molecule has 0 aliphatic carbocycles. The summed E-state index contributed by atoms with van der Waals surface area (Å²) < 4.78 is 0. The van der Waals surface area contributed by atoms with E-state index < -0.39 is 0 Å². The summed E-state index contributed by atoms with van der Waals surface area (Å²) >= 11 is 0. The number of hydrogen-bond acceptors (Lipinski definition) is 2. The largest absolute Gasteiger partial charge is 0.300 e. The highest BCUT2D eigenvalue weighted by molar-refractivity contribution is 4.88. The van der Waals surface area contributed by atoms with Crippen molar-refractivity contribution in [1.29, 1.82) is 0 Å². The zero-order valence-corrected chi connectivity index (χ0v) is 13.4. The van der Waals surface area contributed by atoms with E-state index in [9.17, 15) is 0 Å². The molecular formula is C16H34N2. The number of nitrogens with zero attached hydrogens (tertiary/aromatic N) is 2. The molecule has 2 nitrogen and oxygen atoms in total. The van der Waals surface area contributed by atoms with Crippen LogP contribution in [0.2, 0.25) is 0 Å². The van der Waals surface area contributed by atoms with E-state index in [1.807, 2.05) is 0 Å². The van der Waals surface area contributed by atoms with Gasteiger partial charge in [0.25, 0.3) is 0 Å². The van der Waals surface area contributed by atoms with Crippen molar-refractivity contribution < 1.29 is 0 Å². The van der Waals surface area contributed by atoms with Gasteiger partial charge in [0.1, 0.15) is 0 Å². The van der Waals surface area contributed by atoms with Crippen molar-refractivity contribution in [2.75, 3.05) is 26.2 Å². The summed E-state index contributed by atoms with van der Waals surface area (Å²) in [6.07, 6.45) is 2.58. The zero-order chi connectivity index (χ0) is 13.7. The van der Waals surface area contributed by atoms with Crippen LogP contribution in [0.3, 0.4) is 0 Å². The monoisotopic (exact) mass is 254 g/mol. The third-order valence-electron chi connectivity index (χ3n) is 4.02. The maximum Gasteiger partial charge on any atom is 0.0224 e. The van der Waals surface area contributed by atoms with Gasteiger partial charge in [-0.05, 0) is 24.7 Å². The van der Waals surface area contributed by atoms with Gasteiger partial charge in [-0.3, -0.25) is 9.80 Å². The third kappa shape index (κ3) is 4.55. The highest BCUT2D eigenvalue weighted by atomic mass is 15.3. The highest BCUT2D eigenvalue weighted by Crippen LogP contribution is 2.22. The Morgan fingerprint density at radius 2 is 1.28 bits per heavy atom. The average Bonchev–Trinajstić information content (AvgIpc) is 2.29. The predicted molar refractivity (Wildman–Crippen MR) is 81.0 cm³/mol. The van der Waals surface area contributed by atoms with Crippen LogP contribution in [0.25, 0.3) is 0 Å². The molecule has 2 atom stereocenters. The van der Waals surface area contributed by atoms with E-state index in [-0.39, 0.29) is 0 Å². The van der Waals surface area contributed by atoms with E-state index in [4.69, 9.17) is 0 Å². The van der Waals surface area contributed by atoms with Gasteiger partial charge >= 0.3 is 0 Å². The lowest BCUT2D eigenvalue weighted by molar-refractivity contribution is 0.00755. The second kappa shape index (κ2) is 7.49. The number of piperazine rings is 1. The summed E-state index contributed by atoms with van der Waals surface area (Å²) in [5, 5.41) is 0. The fourth-order valence-electron chi connectivity index (χ4n) is 3.29. The molecule has 18 heavy (non-hydrogen) atoms. The summed E-state index contributed by atoms with van der Waals surface area (Å²) in [4.78, 5) is 5.49. The van der Waals surface area contributed by atoms with E-state index >= 15 is 0 Å². The van der Waals surface area contributed by atoms with Gasteiger partial charge in [-0.2, -0.15) is 0 Å². The van der Waals surface area contributed by atoms with Crippen LogP contribution in [0.4, 0.5) is 0 Å². The fraction of sp³-hybridized carbons (Fsp3) is 1.00. The van der Waals surface area contributed by atoms with Crippen LogP contribution in [0.15, 0.2) is 0 Å². The van der Waals surface area contributed by atoms with E-state index in [0.29, 0.717) is 0 Å². The molecule has 1 saturated heterocycles. The Labute approximate surface area is 115 Å². The molecule has 0 N–H and O–H groups in total. The lowest BCUT2D eigenvalue weighted by Gasteiger charge is -2.48. The molecule has 0 radical (unpaired) electrons. The SMILES string of the molecule is CC[C@@H]1CN(CC(C)C)C[C@H](CC)N1CC(C)C. The molecule has 2 heteroatoms. The summed E-state index contributed by atoms with van der Waals surface area (Å²) in [5.74, 6) is 1.57. The van der Waals surface area contributed by atoms with Crippen LogP contribution < -0.4 is 0 Å². The van der Waals surface area contributed by atoms with E-state index in [0.717, 1.165) is 23.9 Å². The summed E-state index contributed by atoms with van der Waals surface area (Å²) in [7, 11) is 0. The van der Waals surface area contributed by atoms with Gasteiger partial charge in [0.2, 0.25) is 0 Å². The minimum absolute atomic E-state index is 0.768. The lowest BCUT2D eigenvalue weighted by atomic mass is 9.99. The first kappa shape index (κ1) is 16.0. The first-order valence-electron chi connectivity index (χ1n) is 7.95. The van der Waals surface area contributed by atoms with Gasteiger partial charge < -0.3 is 0 Å². The smallest absolute Gasteiger partial charge is 0.0224 e. The van der Waals surface area contributed by atoms with Gasteiger partial charge in [-0.15, -0.1) is 0 Å². The van der Waals surface area contributed by atoms with Crippen molar-refractivity contribution in [3.63, 3.8) is 0 Å². The Kier molecular flexibility index (Phi) is 6.65. The van der Waals surface area contributed by atoms with Gasteiger partial charge in [0.15, 0.2) is 0 Å². The summed E-state index contributed by atoms with van der Waals surface area (Å²) in [6.45, 7) is 19.2. The van der Waals surface area contributed by atoms with Crippen LogP contribution in [0, 0.1) is 11.8 Å². The Morgan fingerprint density at radius 3 is 1.61 bits per heavy atom. The molecule has 0 unspecified atom stereocenters. The highest BCUT2D eigenvalue weighted by Gasteiger charge is 2.32. The Morgan fingerprint density at radius 1 is 0.833 bits per heavy atom. The molecule has 0 bridgehead atoms. The minimum Gasteiger partial charge on any atom is -0.300 e. The molecule has 0 aromatic rings. The standard InChI is InChI=1S/C16H34N2/c1-7-15-11-17(9-13(3)4)12-16(8-2)18(15)10-14(5)6/h13-16H,7-12H2,1-6H3/t15-,16+. The first-order valence-corrected chi connectivity index (χ1v) is 7.95. The van der Waals surface area contributed by atoms with Crippen LogP contribution in [0.1, 0.15) is 54.4 Å². The van der Waals surface area contributed by atoms with E-state index in [1.54, 1.807) is 0 Å². The molecule has 1 rings (SSSR count). The van der Waals surface area contributed by atoms with Gasteiger partial charge in [0.05, 0.1) is 0 Å². The van der Waals surface area contributed by atoms with Gasteiger partial charge in [-0.25, -0.2) is 0 Å². The minimum atomic E-state index is 0.768. The topological polar surface area (TPSA) is 6.48 Å². The molecule has 0 saturated carbocycles. The van der Waals surface area contributed by atoms with E-state index in [2.05, 4.69) is 51.3 Å². The van der Waals surface area contributed by atoms with Crippen molar-refractivity contribution in [3.05, 3.63) is 0 Å². The Hall–Kier alpha value is -0.0800. The van der Waals surface area contributed by atoms with Gasteiger partial charge in [0, 0.05) is 38.3 Å². The van der Waals surface area contributed by atoms with Crippen molar-refractivity contribution >= 4 is 0 Å². The second-order valence-electron chi connectivity index (χ2n) is 6.83. The molecule has 108 valence electrons. The summed E-state index contributed by atoms with van der Waals surface area (Å²) in [5.41, 5.74) is 0. The lowest BCUT2D eigenvalue weighted by Crippen LogP contribution is -2.59. The second-order valence-corrected chi connectivity index (χ2v) is 6.83. The maximum absolute atomic E-state index is 2.79. The Balaban J connectivity index is 2.68. The van der Waals surface area contributed by atoms with Gasteiger partial charge in [-0.1, -0.05) is 41.5 Å². The number of hydrogen-bond donors (Lipinski definition) is 0. The van der Waals surface area contributed by atoms with Crippen LogP contribution in [0.5, 0.6) is 0 Å². The first-order chi connectivity index (χ1) is 8.47. The average molecular weight is 254 g/mol. The van der Waals surface area contributed by atoms with Crippen LogP contribution in [-0.4, -0.2) is 48.1 Å². The Bertz CT molecular complexity index is 211. The third-order valence-corrected chi connectivity index (χ3v) is 4.02. The maximum atomic E-state index is 2.79. The predicted octanol–water partition coefficient (Wildman–Crippen LogP) is 3.47. The molecule has 1 heterocycles. The zero-order valence-electron chi connectivity index (χ0n) is 13.4. The van der Waals surface area contributed by atoms with Crippen LogP contribution in [-0.2, 0) is 0 Å². The molecule has 0 spiro atoms. The van der Waals surface area contributed by atoms with Crippen molar-refractivity contribution in [3.8, 4) is 0 Å². The molecule has 0 aromatic carbocycles. The summed E-state index contributed by atoms with van der Waals surface area (Å²) in [6, 6.07) is 1.54. The van der Waals surface area contributed by atoms with Crippen LogP contribution >= 0.6 is 0 Å². The molecule has 1 aliphatic heterocycles. The molecular weight excluding hydrogens is 220 g/mol. The van der Waals surface area contributed by atoms with Crippen molar-refractivity contribution in [2.45, 2.75) is 66.5 Å². The molecule has 0 amide bonds. The fourth-order valence-corrected chi connectivity index (χ4v) is 3.29. The van der Waals surface area contributed by atoms with E-state index in [1.165, 1.54) is 39.0 Å². The normalized spacial score (nSPS) is 27.3.